The van der Waals surface area contributed by atoms with Gasteiger partial charge in [0.25, 0.3) is 0 Å². The van der Waals surface area contributed by atoms with E-state index < -0.39 is 0 Å². The molecule has 0 unspecified atom stereocenters. The van der Waals surface area contributed by atoms with Gasteiger partial charge in [0.2, 0.25) is 0 Å². The summed E-state index contributed by atoms with van der Waals surface area (Å²) in [5, 5.41) is 0. The molecule has 1 fully saturated rings. The molecule has 1 aromatic rings. The van der Waals surface area contributed by atoms with Gasteiger partial charge in [-0.3, -0.25) is 4.79 Å². The Kier molecular flexibility index (Phi) is 3.23. The van der Waals surface area contributed by atoms with Gasteiger partial charge in [-0.05, 0) is 36.7 Å². The lowest BCUT2D eigenvalue weighted by molar-refractivity contribution is 0.0901. The van der Waals surface area contributed by atoms with Crippen molar-refractivity contribution in [1.29, 1.82) is 0 Å². The normalized spacial score (nSPS) is 23.6. The molecule has 1 atom stereocenters. The molecule has 0 radical (unpaired) electrons. The number of carbonyl (C=O) groups excluding carboxylic acids is 1. The molecule has 0 saturated heterocycles. The quantitative estimate of drug-likeness (QED) is 0.576. The van der Waals surface area contributed by atoms with Gasteiger partial charge in [0.15, 0.2) is 5.78 Å². The Hall–Kier alpha value is -1.31. The predicted octanol–water partition coefficient (Wildman–Crippen LogP) is 4.23. The molecule has 2 heteroatoms. The molecular weight excluding hydrogens is 212 g/mol. The van der Waals surface area contributed by atoms with Crippen LogP contribution in [0.3, 0.4) is 0 Å². The summed E-state index contributed by atoms with van der Waals surface area (Å²) in [7, 11) is 0. The highest BCUT2D eigenvalue weighted by Gasteiger charge is 2.35. The molecule has 1 heterocycles. The van der Waals surface area contributed by atoms with Crippen LogP contribution in [0.1, 0.15) is 49.9 Å². The Morgan fingerprint density at radius 3 is 2.94 bits per heavy atom. The van der Waals surface area contributed by atoms with Gasteiger partial charge in [0, 0.05) is 6.42 Å². The minimum atomic E-state index is 0.167. The molecule has 2 rings (SSSR count). The maximum absolute atomic E-state index is 12.1. The van der Waals surface area contributed by atoms with Gasteiger partial charge in [-0.1, -0.05) is 26.0 Å². The van der Waals surface area contributed by atoms with Crippen LogP contribution < -0.4 is 0 Å². The molecule has 0 amide bonds. The predicted molar refractivity (Wildman–Crippen MR) is 67.9 cm³/mol. The topological polar surface area (TPSA) is 30.2 Å². The number of rotatable bonds is 3. The average molecular weight is 232 g/mol. The van der Waals surface area contributed by atoms with Crippen LogP contribution in [0.25, 0.3) is 0 Å². The van der Waals surface area contributed by atoms with E-state index in [1.807, 2.05) is 0 Å². The zero-order chi connectivity index (χ0) is 12.5. The third kappa shape index (κ3) is 2.51. The van der Waals surface area contributed by atoms with Crippen LogP contribution >= 0.6 is 0 Å². The molecule has 1 aliphatic carbocycles. The zero-order valence-corrected chi connectivity index (χ0v) is 10.7. The molecule has 92 valence electrons. The summed E-state index contributed by atoms with van der Waals surface area (Å²) in [4.78, 5) is 12.1. The molecule has 1 aromatic heterocycles. The smallest absolute Gasteiger partial charge is 0.166 e. The van der Waals surface area contributed by atoms with Crippen LogP contribution in [-0.4, -0.2) is 5.78 Å². The van der Waals surface area contributed by atoms with Crippen molar-refractivity contribution in [1.82, 2.24) is 0 Å². The highest BCUT2D eigenvalue weighted by Crippen LogP contribution is 2.45. The van der Waals surface area contributed by atoms with Crippen molar-refractivity contribution >= 4 is 5.78 Å². The van der Waals surface area contributed by atoms with Crippen LogP contribution in [0.15, 0.2) is 35.2 Å². The number of ketones is 1. The van der Waals surface area contributed by atoms with Gasteiger partial charge < -0.3 is 4.42 Å². The van der Waals surface area contributed by atoms with Crippen LogP contribution in [0.5, 0.6) is 0 Å². The van der Waals surface area contributed by atoms with Gasteiger partial charge in [-0.2, -0.15) is 0 Å². The largest absolute Gasteiger partial charge is 0.472 e. The Morgan fingerprint density at radius 2 is 2.35 bits per heavy atom. The van der Waals surface area contributed by atoms with E-state index in [-0.39, 0.29) is 11.2 Å². The highest BCUT2D eigenvalue weighted by molar-refractivity contribution is 5.96. The van der Waals surface area contributed by atoms with Gasteiger partial charge in [-0.25, -0.2) is 0 Å². The first-order valence-corrected chi connectivity index (χ1v) is 6.24. The van der Waals surface area contributed by atoms with Crippen molar-refractivity contribution in [3.8, 4) is 0 Å². The van der Waals surface area contributed by atoms with Crippen molar-refractivity contribution in [2.24, 2.45) is 11.3 Å². The second-order valence-electron chi connectivity index (χ2n) is 5.69. The van der Waals surface area contributed by atoms with Gasteiger partial charge in [0.05, 0.1) is 11.8 Å². The summed E-state index contributed by atoms with van der Waals surface area (Å²) in [5.74, 6) is 0.471. The lowest BCUT2D eigenvalue weighted by atomic mass is 9.65. The SMILES string of the molecule is C=C1CCCC(C)(C)[C@@H]1CC(=O)c1ccoc1. The molecule has 17 heavy (non-hydrogen) atoms. The first kappa shape index (κ1) is 12.2. The Labute approximate surface area is 103 Å². The minimum Gasteiger partial charge on any atom is -0.472 e. The maximum atomic E-state index is 12.1. The van der Waals surface area contributed by atoms with E-state index in [1.165, 1.54) is 24.7 Å². The number of allylic oxidation sites excluding steroid dienone is 1. The third-order valence-corrected chi connectivity index (χ3v) is 3.99. The van der Waals surface area contributed by atoms with Crippen LogP contribution in [0.2, 0.25) is 0 Å². The van der Waals surface area contributed by atoms with E-state index in [9.17, 15) is 4.79 Å². The molecule has 1 saturated carbocycles. The van der Waals surface area contributed by atoms with Crippen molar-refractivity contribution in [3.05, 3.63) is 36.3 Å². The second-order valence-corrected chi connectivity index (χ2v) is 5.69. The fourth-order valence-electron chi connectivity index (χ4n) is 2.82. The van der Waals surface area contributed by atoms with E-state index in [2.05, 4.69) is 20.4 Å². The zero-order valence-electron chi connectivity index (χ0n) is 10.7. The van der Waals surface area contributed by atoms with Gasteiger partial charge in [-0.15, -0.1) is 0 Å². The lowest BCUT2D eigenvalue weighted by Gasteiger charge is -2.40. The molecule has 2 nitrogen and oxygen atoms in total. The number of carbonyl (C=O) groups is 1. The Bertz CT molecular complexity index is 412. The van der Waals surface area contributed by atoms with E-state index in [0.29, 0.717) is 17.9 Å². The molecular formula is C15H20O2. The summed E-state index contributed by atoms with van der Waals surface area (Å²) in [6, 6.07) is 1.74. The summed E-state index contributed by atoms with van der Waals surface area (Å²) < 4.78 is 4.96. The molecule has 0 aliphatic heterocycles. The summed E-state index contributed by atoms with van der Waals surface area (Å²) >= 11 is 0. The Balaban J connectivity index is 2.11. The molecule has 1 aliphatic rings. The van der Waals surface area contributed by atoms with E-state index >= 15 is 0 Å². The van der Waals surface area contributed by atoms with Crippen molar-refractivity contribution in [3.63, 3.8) is 0 Å². The summed E-state index contributed by atoms with van der Waals surface area (Å²) in [6.45, 7) is 8.63. The van der Waals surface area contributed by atoms with E-state index in [1.54, 1.807) is 12.3 Å². The third-order valence-electron chi connectivity index (χ3n) is 3.99. The number of hydrogen-bond donors (Lipinski definition) is 0. The fraction of sp³-hybridized carbons (Fsp3) is 0.533. The Morgan fingerprint density at radius 1 is 1.59 bits per heavy atom. The van der Waals surface area contributed by atoms with Crippen molar-refractivity contribution < 1.29 is 9.21 Å². The monoisotopic (exact) mass is 232 g/mol. The second kappa shape index (κ2) is 4.52. The first-order chi connectivity index (χ1) is 8.00. The highest BCUT2D eigenvalue weighted by atomic mass is 16.3. The fourth-order valence-corrected chi connectivity index (χ4v) is 2.82. The van der Waals surface area contributed by atoms with Crippen LogP contribution in [0, 0.1) is 11.3 Å². The molecule has 0 aromatic carbocycles. The van der Waals surface area contributed by atoms with Crippen LogP contribution in [0.4, 0.5) is 0 Å². The van der Waals surface area contributed by atoms with Crippen molar-refractivity contribution in [2.75, 3.05) is 0 Å². The number of hydrogen-bond acceptors (Lipinski definition) is 2. The average Bonchev–Trinajstić information content (AvgIpc) is 2.76. The first-order valence-electron chi connectivity index (χ1n) is 6.24. The summed E-state index contributed by atoms with van der Waals surface area (Å²) in [6.07, 6.45) is 7.07. The summed E-state index contributed by atoms with van der Waals surface area (Å²) in [5.41, 5.74) is 2.10. The van der Waals surface area contributed by atoms with Gasteiger partial charge in [0.1, 0.15) is 6.26 Å². The standard InChI is InChI=1S/C15H20O2/c1-11-5-4-7-15(2,3)13(11)9-14(16)12-6-8-17-10-12/h6,8,10,13H,1,4-5,7,9H2,2-3H3/t13-/m1/s1. The maximum Gasteiger partial charge on any atom is 0.166 e. The molecule has 0 bridgehead atoms. The molecule has 0 N–H and O–H groups in total. The van der Waals surface area contributed by atoms with E-state index in [0.717, 1.165) is 6.42 Å². The number of Topliss-reactive ketones (excluding diaryl/α,β-unsaturated/α-hetero) is 1. The van der Waals surface area contributed by atoms with Crippen molar-refractivity contribution in [2.45, 2.75) is 39.5 Å². The minimum absolute atomic E-state index is 0.167. The van der Waals surface area contributed by atoms with Gasteiger partial charge >= 0.3 is 0 Å². The lowest BCUT2D eigenvalue weighted by Crippen LogP contribution is -2.31. The van der Waals surface area contributed by atoms with E-state index in [4.69, 9.17) is 4.42 Å². The van der Waals surface area contributed by atoms with Crippen LogP contribution in [-0.2, 0) is 0 Å². The molecule has 0 spiro atoms. The number of furan rings is 1.